The predicted octanol–water partition coefficient (Wildman–Crippen LogP) is 3.68. The zero-order chi connectivity index (χ0) is 15.4. The van der Waals surface area contributed by atoms with Gasteiger partial charge in [0.15, 0.2) is 5.75 Å². The van der Waals surface area contributed by atoms with Crippen molar-refractivity contribution in [1.82, 2.24) is 9.78 Å². The van der Waals surface area contributed by atoms with Crippen LogP contribution >= 0.6 is 0 Å². The zero-order valence-electron chi connectivity index (χ0n) is 12.4. The first-order valence-electron chi connectivity index (χ1n) is 6.79. The lowest BCUT2D eigenvalue weighted by Gasteiger charge is -2.04. The number of hydrogen-bond donors (Lipinski definition) is 0. The lowest BCUT2D eigenvalue weighted by Crippen LogP contribution is -1.93. The highest BCUT2D eigenvalue weighted by Gasteiger charge is 2.04. The van der Waals surface area contributed by atoms with Crippen molar-refractivity contribution < 1.29 is 14.2 Å². The maximum Gasteiger partial charge on any atom is 0.165 e. The summed E-state index contributed by atoms with van der Waals surface area (Å²) in [6, 6.07) is 15.0. The Labute approximate surface area is 128 Å². The quantitative estimate of drug-likeness (QED) is 0.720. The summed E-state index contributed by atoms with van der Waals surface area (Å²) in [5, 5.41) is 4.30. The average Bonchev–Trinajstić information content (AvgIpc) is 3.04. The second-order valence-corrected chi connectivity index (χ2v) is 4.60. The minimum Gasteiger partial charge on any atom is -0.497 e. The molecule has 1 heterocycles. The lowest BCUT2D eigenvalue weighted by atomic mass is 10.3. The molecule has 1 aromatic heterocycles. The molecule has 0 fully saturated rings. The Morgan fingerprint density at radius 1 is 0.727 bits per heavy atom. The first-order chi connectivity index (χ1) is 10.8. The van der Waals surface area contributed by atoms with Gasteiger partial charge in [0.1, 0.15) is 17.2 Å². The van der Waals surface area contributed by atoms with Crippen LogP contribution in [0.2, 0.25) is 0 Å². The molecule has 0 amide bonds. The largest absolute Gasteiger partial charge is 0.497 e. The van der Waals surface area contributed by atoms with Gasteiger partial charge in [0, 0.05) is 0 Å². The highest BCUT2D eigenvalue weighted by Crippen LogP contribution is 2.24. The Bertz CT molecular complexity index is 733. The van der Waals surface area contributed by atoms with Crippen molar-refractivity contribution in [2.75, 3.05) is 14.2 Å². The van der Waals surface area contributed by atoms with Gasteiger partial charge in [0.2, 0.25) is 0 Å². The van der Waals surface area contributed by atoms with Crippen molar-refractivity contribution in [2.45, 2.75) is 0 Å². The van der Waals surface area contributed by atoms with Crippen molar-refractivity contribution in [2.24, 2.45) is 0 Å². The molecule has 0 aliphatic carbocycles. The van der Waals surface area contributed by atoms with Crippen LogP contribution in [0.3, 0.4) is 0 Å². The maximum atomic E-state index is 5.76. The fraction of sp³-hybridized carbons (Fsp3) is 0.118. The Balaban J connectivity index is 1.74. The molecule has 0 saturated heterocycles. The molecule has 0 spiro atoms. The van der Waals surface area contributed by atoms with Crippen LogP contribution in [-0.2, 0) is 0 Å². The first kappa shape index (κ1) is 14.0. The summed E-state index contributed by atoms with van der Waals surface area (Å²) in [6.45, 7) is 0. The smallest absolute Gasteiger partial charge is 0.165 e. The van der Waals surface area contributed by atoms with Crippen molar-refractivity contribution in [3.05, 3.63) is 60.9 Å². The molecule has 22 heavy (non-hydrogen) atoms. The van der Waals surface area contributed by atoms with E-state index in [9.17, 15) is 0 Å². The van der Waals surface area contributed by atoms with E-state index in [4.69, 9.17) is 14.2 Å². The molecule has 0 unspecified atom stereocenters. The Morgan fingerprint density at radius 3 is 1.86 bits per heavy atom. The molecule has 5 nitrogen and oxygen atoms in total. The van der Waals surface area contributed by atoms with Gasteiger partial charge in [-0.2, -0.15) is 5.10 Å². The minimum absolute atomic E-state index is 0.668. The van der Waals surface area contributed by atoms with Crippen molar-refractivity contribution in [3.63, 3.8) is 0 Å². The minimum atomic E-state index is 0.668. The van der Waals surface area contributed by atoms with Gasteiger partial charge in [0.05, 0.1) is 32.3 Å². The molecule has 0 N–H and O–H groups in total. The first-order valence-corrected chi connectivity index (χ1v) is 6.79. The van der Waals surface area contributed by atoms with Crippen LogP contribution in [0.25, 0.3) is 5.69 Å². The van der Waals surface area contributed by atoms with Gasteiger partial charge < -0.3 is 14.2 Å². The van der Waals surface area contributed by atoms with E-state index in [0.717, 1.165) is 22.9 Å². The van der Waals surface area contributed by atoms with E-state index in [1.54, 1.807) is 25.1 Å². The standard InChI is InChI=1S/C17H16N2O3/c1-20-14-5-3-13(4-6-14)19-12-17(11-18-19)22-16-9-7-15(21-2)8-10-16/h3-12H,1-2H3. The molecule has 3 aromatic rings. The lowest BCUT2D eigenvalue weighted by molar-refractivity contribution is 0.413. The highest BCUT2D eigenvalue weighted by atomic mass is 16.5. The third kappa shape index (κ3) is 3.03. The Hall–Kier alpha value is -2.95. The number of nitrogens with zero attached hydrogens (tertiary/aromatic N) is 2. The molecule has 2 aromatic carbocycles. The van der Waals surface area contributed by atoms with E-state index in [-0.39, 0.29) is 0 Å². The van der Waals surface area contributed by atoms with E-state index in [1.165, 1.54) is 0 Å². The Morgan fingerprint density at radius 2 is 1.27 bits per heavy atom. The number of methoxy groups -OCH3 is 2. The highest BCUT2D eigenvalue weighted by molar-refractivity contribution is 5.39. The summed E-state index contributed by atoms with van der Waals surface area (Å²) in [5.74, 6) is 3.00. The summed E-state index contributed by atoms with van der Waals surface area (Å²) in [6.07, 6.45) is 3.50. The van der Waals surface area contributed by atoms with Gasteiger partial charge in [-0.25, -0.2) is 4.68 Å². The molecule has 112 valence electrons. The number of rotatable bonds is 5. The van der Waals surface area contributed by atoms with Crippen LogP contribution < -0.4 is 14.2 Å². The fourth-order valence-corrected chi connectivity index (χ4v) is 2.02. The van der Waals surface area contributed by atoms with Gasteiger partial charge in [-0.05, 0) is 48.5 Å². The molecule has 0 aliphatic rings. The van der Waals surface area contributed by atoms with E-state index >= 15 is 0 Å². The Kier molecular flexibility index (Phi) is 3.96. The average molecular weight is 296 g/mol. The second kappa shape index (κ2) is 6.22. The molecular weight excluding hydrogens is 280 g/mol. The monoisotopic (exact) mass is 296 g/mol. The van der Waals surface area contributed by atoms with Crippen LogP contribution in [-0.4, -0.2) is 24.0 Å². The summed E-state index contributed by atoms with van der Waals surface area (Å²) in [4.78, 5) is 0. The second-order valence-electron chi connectivity index (χ2n) is 4.60. The molecule has 0 saturated carbocycles. The summed E-state index contributed by atoms with van der Waals surface area (Å²) >= 11 is 0. The molecule has 0 atom stereocenters. The van der Waals surface area contributed by atoms with Crippen molar-refractivity contribution in [3.8, 4) is 28.7 Å². The molecule has 0 bridgehead atoms. The van der Waals surface area contributed by atoms with Gasteiger partial charge in [-0.3, -0.25) is 0 Å². The molecule has 3 rings (SSSR count). The van der Waals surface area contributed by atoms with Crippen molar-refractivity contribution >= 4 is 0 Å². The predicted molar refractivity (Wildman–Crippen MR) is 83.2 cm³/mol. The zero-order valence-corrected chi connectivity index (χ0v) is 12.4. The van der Waals surface area contributed by atoms with Crippen LogP contribution in [0.1, 0.15) is 0 Å². The van der Waals surface area contributed by atoms with Gasteiger partial charge >= 0.3 is 0 Å². The molecular formula is C17H16N2O3. The van der Waals surface area contributed by atoms with Crippen LogP contribution in [0.4, 0.5) is 0 Å². The summed E-state index contributed by atoms with van der Waals surface area (Å²) < 4.78 is 17.8. The fourth-order valence-electron chi connectivity index (χ4n) is 2.02. The van der Waals surface area contributed by atoms with Crippen LogP contribution in [0, 0.1) is 0 Å². The van der Waals surface area contributed by atoms with Gasteiger partial charge in [0.25, 0.3) is 0 Å². The van der Waals surface area contributed by atoms with Crippen LogP contribution in [0.5, 0.6) is 23.0 Å². The number of aromatic nitrogens is 2. The van der Waals surface area contributed by atoms with Crippen LogP contribution in [0.15, 0.2) is 60.9 Å². The summed E-state index contributed by atoms with van der Waals surface area (Å²) in [7, 11) is 3.28. The van der Waals surface area contributed by atoms with E-state index in [2.05, 4.69) is 5.10 Å². The molecule has 0 aliphatic heterocycles. The number of hydrogen-bond acceptors (Lipinski definition) is 4. The van der Waals surface area contributed by atoms with Crippen molar-refractivity contribution in [1.29, 1.82) is 0 Å². The molecule has 0 radical (unpaired) electrons. The topological polar surface area (TPSA) is 45.5 Å². The maximum absolute atomic E-state index is 5.76. The SMILES string of the molecule is COc1ccc(Oc2cnn(-c3ccc(OC)cc3)c2)cc1. The van der Waals surface area contributed by atoms with E-state index in [0.29, 0.717) is 5.75 Å². The number of ether oxygens (including phenoxy) is 3. The normalized spacial score (nSPS) is 10.3. The summed E-state index contributed by atoms with van der Waals surface area (Å²) in [5.41, 5.74) is 0.936. The number of benzene rings is 2. The molecule has 5 heteroatoms. The van der Waals surface area contributed by atoms with E-state index < -0.39 is 0 Å². The third-order valence-electron chi connectivity index (χ3n) is 3.19. The van der Waals surface area contributed by atoms with Gasteiger partial charge in [-0.15, -0.1) is 0 Å². The van der Waals surface area contributed by atoms with Gasteiger partial charge in [-0.1, -0.05) is 0 Å². The third-order valence-corrected chi connectivity index (χ3v) is 3.19. The van der Waals surface area contributed by atoms with E-state index in [1.807, 2.05) is 54.7 Å².